The highest BCUT2D eigenvalue weighted by Gasteiger charge is 2.22. The molecule has 0 amide bonds. The van der Waals surface area contributed by atoms with Crippen molar-refractivity contribution in [1.82, 2.24) is 14.5 Å². The van der Waals surface area contributed by atoms with Gasteiger partial charge in [-0.25, -0.2) is 4.98 Å². The second-order valence-electron chi connectivity index (χ2n) is 10.9. The standard InChI is InChI=1S/C37H38ClF2N3O2/c1-3-5-22-43-34(35(29-16-18-31(38)19-17-29)41-36(43)30-11-7-6-8-12-30)26-42(25-28-10-9-13-33(23-28)44-4-2)24-27-14-20-32(21-15-27)45-37(39)40/h6-21,23,37H,3-5,22,24-26H2,1-2H3. The first kappa shape index (κ1) is 32.2. The largest absolute Gasteiger partial charge is 0.494 e. The Labute approximate surface area is 269 Å². The van der Waals surface area contributed by atoms with E-state index in [9.17, 15) is 8.78 Å². The molecule has 234 valence electrons. The van der Waals surface area contributed by atoms with Crippen LogP contribution in [0.4, 0.5) is 8.78 Å². The lowest BCUT2D eigenvalue weighted by Gasteiger charge is -2.25. The highest BCUT2D eigenvalue weighted by atomic mass is 35.5. The highest BCUT2D eigenvalue weighted by molar-refractivity contribution is 6.30. The number of halogens is 3. The Morgan fingerprint density at radius 2 is 1.51 bits per heavy atom. The second kappa shape index (κ2) is 15.7. The molecule has 45 heavy (non-hydrogen) atoms. The molecular formula is C37H38ClF2N3O2. The van der Waals surface area contributed by atoms with Crippen LogP contribution in [0.15, 0.2) is 103 Å². The van der Waals surface area contributed by atoms with Crippen molar-refractivity contribution in [2.75, 3.05) is 6.61 Å². The third kappa shape index (κ3) is 8.71. The van der Waals surface area contributed by atoms with Crippen LogP contribution < -0.4 is 9.47 Å². The van der Waals surface area contributed by atoms with Crippen LogP contribution in [0, 0.1) is 0 Å². The van der Waals surface area contributed by atoms with E-state index in [1.165, 1.54) is 0 Å². The van der Waals surface area contributed by atoms with Crippen LogP contribution in [-0.2, 0) is 26.2 Å². The van der Waals surface area contributed by atoms with Gasteiger partial charge in [-0.3, -0.25) is 4.90 Å². The minimum Gasteiger partial charge on any atom is -0.494 e. The number of nitrogens with zero attached hydrogens (tertiary/aromatic N) is 3. The predicted octanol–water partition coefficient (Wildman–Crippen LogP) is 9.87. The fraction of sp³-hybridized carbons (Fsp3) is 0.270. The molecule has 5 nitrogen and oxygen atoms in total. The molecule has 0 unspecified atom stereocenters. The number of benzene rings is 4. The molecule has 0 atom stereocenters. The Kier molecular flexibility index (Phi) is 11.2. The molecule has 0 saturated carbocycles. The smallest absolute Gasteiger partial charge is 0.387 e. The number of alkyl halides is 2. The summed E-state index contributed by atoms with van der Waals surface area (Å²) < 4.78 is 38.3. The van der Waals surface area contributed by atoms with Crippen LogP contribution in [0.2, 0.25) is 5.02 Å². The van der Waals surface area contributed by atoms with Crippen LogP contribution in [0.5, 0.6) is 11.5 Å². The number of hydrogen-bond donors (Lipinski definition) is 0. The lowest BCUT2D eigenvalue weighted by atomic mass is 10.1. The van der Waals surface area contributed by atoms with Crippen molar-refractivity contribution >= 4 is 11.6 Å². The SMILES string of the molecule is CCCCn1c(-c2ccccc2)nc(-c2ccc(Cl)cc2)c1CN(Cc1ccc(OC(F)F)cc1)Cc1cccc(OCC)c1. The third-order valence-corrected chi connectivity index (χ3v) is 7.75. The van der Waals surface area contributed by atoms with E-state index >= 15 is 0 Å². The van der Waals surface area contributed by atoms with Crippen molar-refractivity contribution in [3.05, 3.63) is 125 Å². The van der Waals surface area contributed by atoms with Crippen LogP contribution in [0.1, 0.15) is 43.5 Å². The molecule has 5 rings (SSSR count). The van der Waals surface area contributed by atoms with Gasteiger partial charge in [0.2, 0.25) is 0 Å². The lowest BCUT2D eigenvalue weighted by Crippen LogP contribution is -2.24. The van der Waals surface area contributed by atoms with E-state index in [2.05, 4.69) is 45.4 Å². The molecule has 5 aromatic rings. The van der Waals surface area contributed by atoms with Crippen LogP contribution in [-0.4, -0.2) is 27.7 Å². The number of hydrogen-bond acceptors (Lipinski definition) is 4. The van der Waals surface area contributed by atoms with Crippen molar-refractivity contribution in [1.29, 1.82) is 0 Å². The highest BCUT2D eigenvalue weighted by Crippen LogP contribution is 2.33. The summed E-state index contributed by atoms with van der Waals surface area (Å²) in [5.74, 6) is 1.89. The molecule has 0 aliphatic rings. The Morgan fingerprint density at radius 3 is 2.20 bits per heavy atom. The molecule has 8 heteroatoms. The van der Waals surface area contributed by atoms with Gasteiger partial charge >= 0.3 is 6.61 Å². The van der Waals surface area contributed by atoms with Gasteiger partial charge in [0.05, 0.1) is 18.0 Å². The van der Waals surface area contributed by atoms with E-state index < -0.39 is 6.61 Å². The molecule has 0 fully saturated rings. The Hall–Kier alpha value is -4.20. The van der Waals surface area contributed by atoms with Gasteiger partial charge in [0.1, 0.15) is 17.3 Å². The van der Waals surface area contributed by atoms with E-state index in [0.717, 1.165) is 64.6 Å². The van der Waals surface area contributed by atoms with Gasteiger partial charge in [0.15, 0.2) is 0 Å². The number of unbranched alkanes of at least 4 members (excludes halogenated alkanes) is 1. The minimum absolute atomic E-state index is 0.139. The fourth-order valence-corrected chi connectivity index (χ4v) is 5.55. The molecular weight excluding hydrogens is 592 g/mol. The van der Waals surface area contributed by atoms with Crippen LogP contribution >= 0.6 is 11.6 Å². The van der Waals surface area contributed by atoms with Crippen LogP contribution in [0.3, 0.4) is 0 Å². The van der Waals surface area contributed by atoms with E-state index in [1.54, 1.807) is 12.1 Å². The number of ether oxygens (including phenoxy) is 2. The van der Waals surface area contributed by atoms with Gasteiger partial charge in [0.25, 0.3) is 0 Å². The van der Waals surface area contributed by atoms with Crippen molar-refractivity contribution in [3.63, 3.8) is 0 Å². The first-order valence-corrected chi connectivity index (χ1v) is 15.7. The average molecular weight is 630 g/mol. The van der Waals surface area contributed by atoms with Crippen LogP contribution in [0.25, 0.3) is 22.6 Å². The Balaban J connectivity index is 1.58. The molecule has 0 saturated heterocycles. The number of aromatic nitrogens is 2. The fourth-order valence-electron chi connectivity index (χ4n) is 5.42. The summed E-state index contributed by atoms with van der Waals surface area (Å²) in [7, 11) is 0. The maximum Gasteiger partial charge on any atom is 0.387 e. The first-order chi connectivity index (χ1) is 21.9. The molecule has 0 spiro atoms. The molecule has 4 aromatic carbocycles. The monoisotopic (exact) mass is 629 g/mol. The molecule has 0 aliphatic heterocycles. The second-order valence-corrected chi connectivity index (χ2v) is 11.3. The van der Waals surface area contributed by atoms with E-state index in [4.69, 9.17) is 21.3 Å². The normalized spacial score (nSPS) is 11.4. The molecule has 1 aromatic heterocycles. The van der Waals surface area contributed by atoms with Crippen molar-refractivity contribution in [2.24, 2.45) is 0 Å². The molecule has 0 radical (unpaired) electrons. The zero-order valence-electron chi connectivity index (χ0n) is 25.6. The number of rotatable bonds is 15. The summed E-state index contributed by atoms with van der Waals surface area (Å²) in [4.78, 5) is 7.61. The first-order valence-electron chi connectivity index (χ1n) is 15.3. The van der Waals surface area contributed by atoms with E-state index in [-0.39, 0.29) is 5.75 Å². The van der Waals surface area contributed by atoms with Crippen molar-refractivity contribution in [2.45, 2.75) is 59.5 Å². The van der Waals surface area contributed by atoms with Gasteiger partial charge in [-0.15, -0.1) is 0 Å². The van der Waals surface area contributed by atoms with E-state index in [1.807, 2.05) is 73.7 Å². The molecule has 1 heterocycles. The van der Waals surface area contributed by atoms with Crippen molar-refractivity contribution in [3.8, 4) is 34.1 Å². The summed E-state index contributed by atoms with van der Waals surface area (Å²) in [6.07, 6.45) is 2.05. The summed E-state index contributed by atoms with van der Waals surface area (Å²) in [5, 5.41) is 0.670. The summed E-state index contributed by atoms with van der Waals surface area (Å²) in [6, 6.07) is 33.1. The van der Waals surface area contributed by atoms with Gasteiger partial charge < -0.3 is 14.0 Å². The maximum absolute atomic E-state index is 12.8. The third-order valence-electron chi connectivity index (χ3n) is 7.50. The number of imidazole rings is 1. The van der Waals surface area contributed by atoms with E-state index in [0.29, 0.717) is 31.3 Å². The molecule has 0 bridgehead atoms. The summed E-state index contributed by atoms with van der Waals surface area (Å²) >= 11 is 6.28. The van der Waals surface area contributed by atoms with Gasteiger partial charge in [-0.1, -0.05) is 91.7 Å². The van der Waals surface area contributed by atoms with Gasteiger partial charge in [-0.05, 0) is 60.9 Å². The lowest BCUT2D eigenvalue weighted by molar-refractivity contribution is -0.0498. The average Bonchev–Trinajstić information content (AvgIpc) is 3.39. The quantitative estimate of drug-likeness (QED) is 0.116. The molecule has 0 aliphatic carbocycles. The Morgan fingerprint density at radius 1 is 0.778 bits per heavy atom. The summed E-state index contributed by atoms with van der Waals surface area (Å²) in [5.41, 5.74) is 6.15. The molecule has 0 N–H and O–H groups in total. The topological polar surface area (TPSA) is 39.5 Å². The zero-order valence-corrected chi connectivity index (χ0v) is 26.4. The maximum atomic E-state index is 12.8. The van der Waals surface area contributed by atoms with Gasteiger partial charge in [0, 0.05) is 42.3 Å². The predicted molar refractivity (Wildman–Crippen MR) is 177 cm³/mol. The summed E-state index contributed by atoms with van der Waals surface area (Å²) in [6.45, 7) is 4.52. The zero-order chi connectivity index (χ0) is 31.6. The Bertz CT molecular complexity index is 1640. The van der Waals surface area contributed by atoms with Gasteiger partial charge in [-0.2, -0.15) is 8.78 Å². The van der Waals surface area contributed by atoms with Crippen molar-refractivity contribution < 1.29 is 18.3 Å². The minimum atomic E-state index is -2.86.